The van der Waals surface area contributed by atoms with Crippen LogP contribution in [0.4, 0.5) is 4.39 Å². The summed E-state index contributed by atoms with van der Waals surface area (Å²) < 4.78 is 38.5. The van der Waals surface area contributed by atoms with Crippen LogP contribution in [0.1, 0.15) is 6.92 Å². The molecule has 17 heavy (non-hydrogen) atoms. The Morgan fingerprint density at radius 1 is 1.47 bits per heavy atom. The molecule has 0 aromatic heterocycles. The molecule has 0 saturated carbocycles. The molecule has 4 nitrogen and oxygen atoms in total. The van der Waals surface area contributed by atoms with Crippen molar-refractivity contribution in [2.24, 2.45) is 0 Å². The van der Waals surface area contributed by atoms with Crippen molar-refractivity contribution < 1.29 is 17.9 Å². The van der Waals surface area contributed by atoms with Gasteiger partial charge in [-0.05, 0) is 34.1 Å². The van der Waals surface area contributed by atoms with Crippen LogP contribution in [0.3, 0.4) is 0 Å². The number of hydrogen-bond donors (Lipinski definition) is 1. The molecular weight excluding hydrogens is 313 g/mol. The van der Waals surface area contributed by atoms with Gasteiger partial charge < -0.3 is 5.11 Å². The maximum Gasteiger partial charge on any atom is 0.244 e. The summed E-state index contributed by atoms with van der Waals surface area (Å²) in [6.07, 6.45) is 0. The van der Waals surface area contributed by atoms with E-state index in [0.717, 1.165) is 16.4 Å². The lowest BCUT2D eigenvalue weighted by atomic mass is 10.3. The minimum absolute atomic E-state index is 0.00537. The maximum atomic E-state index is 12.9. The fourth-order valence-corrected chi connectivity index (χ4v) is 3.83. The van der Waals surface area contributed by atoms with Crippen LogP contribution in [0.15, 0.2) is 27.6 Å². The number of rotatable bonds is 5. The summed E-state index contributed by atoms with van der Waals surface area (Å²) in [6.45, 7) is 1.67. The molecule has 0 spiro atoms. The number of sulfonamides is 1. The number of hydrogen-bond acceptors (Lipinski definition) is 3. The van der Waals surface area contributed by atoms with Gasteiger partial charge in [0.25, 0.3) is 0 Å². The SMILES string of the molecule is CCN(CCO)S(=O)(=O)c1ccc(F)cc1Br. The third-order valence-corrected chi connectivity index (χ3v) is 5.16. The molecule has 1 aromatic rings. The van der Waals surface area contributed by atoms with Crippen molar-refractivity contribution in [3.05, 3.63) is 28.5 Å². The first kappa shape index (κ1) is 14.6. The van der Waals surface area contributed by atoms with Crippen molar-refractivity contribution in [3.63, 3.8) is 0 Å². The second kappa shape index (κ2) is 5.90. The van der Waals surface area contributed by atoms with Crippen LogP contribution in [-0.2, 0) is 10.0 Å². The Balaban J connectivity index is 3.20. The van der Waals surface area contributed by atoms with Gasteiger partial charge in [-0.3, -0.25) is 0 Å². The summed E-state index contributed by atoms with van der Waals surface area (Å²) in [6, 6.07) is 3.39. The quantitative estimate of drug-likeness (QED) is 0.894. The molecule has 0 bridgehead atoms. The Kier molecular flexibility index (Phi) is 5.05. The van der Waals surface area contributed by atoms with E-state index in [1.807, 2.05) is 0 Å². The van der Waals surface area contributed by atoms with E-state index in [2.05, 4.69) is 15.9 Å². The van der Waals surface area contributed by atoms with Gasteiger partial charge in [-0.25, -0.2) is 12.8 Å². The number of benzene rings is 1. The largest absolute Gasteiger partial charge is 0.395 e. The Bertz CT molecular complexity index is 492. The molecule has 1 aromatic carbocycles. The van der Waals surface area contributed by atoms with Gasteiger partial charge in [0, 0.05) is 17.6 Å². The number of nitrogens with zero attached hydrogens (tertiary/aromatic N) is 1. The standard InChI is InChI=1S/C10H13BrFNO3S/c1-2-13(5-6-14)17(15,16)10-4-3-8(12)7-9(10)11/h3-4,7,14H,2,5-6H2,1H3. The molecule has 0 unspecified atom stereocenters. The van der Waals surface area contributed by atoms with Gasteiger partial charge in [-0.15, -0.1) is 0 Å². The van der Waals surface area contributed by atoms with Gasteiger partial charge in [-0.2, -0.15) is 4.31 Å². The molecule has 0 atom stereocenters. The summed E-state index contributed by atoms with van der Waals surface area (Å²) in [5.74, 6) is -0.513. The Morgan fingerprint density at radius 2 is 2.12 bits per heavy atom. The van der Waals surface area contributed by atoms with E-state index in [-0.39, 0.29) is 29.1 Å². The minimum atomic E-state index is -3.70. The van der Waals surface area contributed by atoms with Gasteiger partial charge in [0.05, 0.1) is 11.5 Å². The van der Waals surface area contributed by atoms with Crippen molar-refractivity contribution in [1.29, 1.82) is 0 Å². The number of aliphatic hydroxyl groups excluding tert-OH is 1. The molecule has 96 valence electrons. The highest BCUT2D eigenvalue weighted by atomic mass is 79.9. The molecule has 0 heterocycles. The second-order valence-corrected chi connectivity index (χ2v) is 6.06. The smallest absolute Gasteiger partial charge is 0.244 e. The summed E-state index contributed by atoms with van der Waals surface area (Å²) in [4.78, 5) is -0.00537. The monoisotopic (exact) mass is 325 g/mol. The number of likely N-dealkylation sites (N-methyl/N-ethyl adjacent to an activating group) is 1. The average molecular weight is 326 g/mol. The third-order valence-electron chi connectivity index (χ3n) is 2.21. The van der Waals surface area contributed by atoms with Crippen molar-refractivity contribution in [2.45, 2.75) is 11.8 Å². The highest BCUT2D eigenvalue weighted by Crippen LogP contribution is 2.25. The summed E-state index contributed by atoms with van der Waals surface area (Å²) in [5.41, 5.74) is 0. The number of aliphatic hydroxyl groups is 1. The Labute approximate surface area is 108 Å². The first-order chi connectivity index (χ1) is 7.93. The summed E-state index contributed by atoms with van der Waals surface area (Å²) in [7, 11) is -3.70. The fraction of sp³-hybridized carbons (Fsp3) is 0.400. The van der Waals surface area contributed by atoms with Gasteiger partial charge in [0.15, 0.2) is 0 Å². The molecule has 0 amide bonds. The first-order valence-electron chi connectivity index (χ1n) is 4.99. The molecule has 0 radical (unpaired) electrons. The van der Waals surface area contributed by atoms with Crippen molar-refractivity contribution >= 4 is 26.0 Å². The predicted octanol–water partition coefficient (Wildman–Crippen LogP) is 1.59. The van der Waals surface area contributed by atoms with Crippen LogP contribution in [0.2, 0.25) is 0 Å². The summed E-state index contributed by atoms with van der Waals surface area (Å²) >= 11 is 3.02. The Morgan fingerprint density at radius 3 is 2.59 bits per heavy atom. The van der Waals surface area contributed by atoms with Gasteiger partial charge in [-0.1, -0.05) is 6.92 Å². The first-order valence-corrected chi connectivity index (χ1v) is 7.22. The van der Waals surface area contributed by atoms with Crippen molar-refractivity contribution in [1.82, 2.24) is 4.31 Å². The number of halogens is 2. The van der Waals surface area contributed by atoms with Crippen LogP contribution in [0.25, 0.3) is 0 Å². The molecule has 0 aliphatic carbocycles. The predicted molar refractivity (Wildman–Crippen MR) is 65.6 cm³/mol. The lowest BCUT2D eigenvalue weighted by Crippen LogP contribution is -2.33. The maximum absolute atomic E-state index is 12.9. The molecule has 1 rings (SSSR count). The van der Waals surface area contributed by atoms with Crippen LogP contribution in [0.5, 0.6) is 0 Å². The van der Waals surface area contributed by atoms with Gasteiger partial charge in [0.1, 0.15) is 5.82 Å². The molecule has 0 aliphatic rings. The Hall–Kier alpha value is -0.500. The van der Waals surface area contributed by atoms with E-state index in [9.17, 15) is 12.8 Å². The van der Waals surface area contributed by atoms with E-state index in [1.165, 1.54) is 6.07 Å². The highest BCUT2D eigenvalue weighted by molar-refractivity contribution is 9.10. The minimum Gasteiger partial charge on any atom is -0.395 e. The van der Waals surface area contributed by atoms with Gasteiger partial charge in [0.2, 0.25) is 10.0 Å². The van der Waals surface area contributed by atoms with Crippen LogP contribution < -0.4 is 0 Å². The lowest BCUT2D eigenvalue weighted by Gasteiger charge is -2.20. The summed E-state index contributed by atoms with van der Waals surface area (Å²) in [5, 5.41) is 8.81. The molecule has 7 heteroatoms. The zero-order chi connectivity index (χ0) is 13.1. The zero-order valence-electron chi connectivity index (χ0n) is 9.23. The van der Waals surface area contributed by atoms with E-state index < -0.39 is 15.8 Å². The zero-order valence-corrected chi connectivity index (χ0v) is 11.6. The fourth-order valence-electron chi connectivity index (χ4n) is 1.38. The van der Waals surface area contributed by atoms with E-state index in [0.29, 0.717) is 0 Å². The van der Waals surface area contributed by atoms with E-state index in [4.69, 9.17) is 5.11 Å². The van der Waals surface area contributed by atoms with E-state index in [1.54, 1.807) is 6.92 Å². The van der Waals surface area contributed by atoms with Crippen molar-refractivity contribution in [3.8, 4) is 0 Å². The van der Waals surface area contributed by atoms with Crippen LogP contribution in [0, 0.1) is 5.82 Å². The molecular formula is C10H13BrFNO3S. The molecule has 1 N–H and O–H groups in total. The van der Waals surface area contributed by atoms with Gasteiger partial charge >= 0.3 is 0 Å². The average Bonchev–Trinajstić information content (AvgIpc) is 2.24. The third kappa shape index (κ3) is 3.25. The van der Waals surface area contributed by atoms with Crippen molar-refractivity contribution in [2.75, 3.05) is 19.7 Å². The normalized spacial score (nSPS) is 12.1. The second-order valence-electron chi connectivity index (χ2n) is 3.30. The van der Waals surface area contributed by atoms with E-state index >= 15 is 0 Å². The lowest BCUT2D eigenvalue weighted by molar-refractivity contribution is 0.257. The molecule has 0 fully saturated rings. The molecule has 0 aliphatic heterocycles. The topological polar surface area (TPSA) is 57.6 Å². The van der Waals surface area contributed by atoms with Crippen LogP contribution in [-0.4, -0.2) is 37.5 Å². The van der Waals surface area contributed by atoms with Crippen LogP contribution >= 0.6 is 15.9 Å². The highest BCUT2D eigenvalue weighted by Gasteiger charge is 2.24. The molecule has 0 saturated heterocycles.